The SMILES string of the molecule is Cn1c([C@@H]2CCN(C(=O)C3(c4ccccc4)CC3)C2)nc2ccncc21. The molecule has 1 amide bonds. The van der Waals surface area contributed by atoms with Gasteiger partial charge in [-0.2, -0.15) is 0 Å². The van der Waals surface area contributed by atoms with E-state index in [0.717, 1.165) is 49.2 Å². The highest BCUT2D eigenvalue weighted by molar-refractivity contribution is 5.91. The maximum atomic E-state index is 13.3. The van der Waals surface area contributed by atoms with Gasteiger partial charge in [-0.1, -0.05) is 30.3 Å². The van der Waals surface area contributed by atoms with E-state index in [1.54, 1.807) is 6.20 Å². The number of hydrogen-bond donors (Lipinski definition) is 0. The smallest absolute Gasteiger partial charge is 0.233 e. The Bertz CT molecular complexity index is 974. The van der Waals surface area contributed by atoms with Crippen molar-refractivity contribution in [2.75, 3.05) is 13.1 Å². The summed E-state index contributed by atoms with van der Waals surface area (Å²) in [5.74, 6) is 1.66. The highest BCUT2D eigenvalue weighted by Crippen LogP contribution is 2.50. The molecule has 5 heteroatoms. The number of aromatic nitrogens is 3. The van der Waals surface area contributed by atoms with E-state index < -0.39 is 0 Å². The number of fused-ring (bicyclic) bond motifs is 1. The number of likely N-dealkylation sites (tertiary alicyclic amines) is 1. The van der Waals surface area contributed by atoms with Gasteiger partial charge >= 0.3 is 0 Å². The van der Waals surface area contributed by atoms with Crippen LogP contribution in [0.5, 0.6) is 0 Å². The van der Waals surface area contributed by atoms with Gasteiger partial charge in [-0.3, -0.25) is 9.78 Å². The Hall–Kier alpha value is -2.69. The summed E-state index contributed by atoms with van der Waals surface area (Å²) in [7, 11) is 2.04. The Morgan fingerprint density at radius 2 is 2.00 bits per heavy atom. The molecule has 1 aliphatic carbocycles. The summed E-state index contributed by atoms with van der Waals surface area (Å²) >= 11 is 0. The van der Waals surface area contributed by atoms with Crippen molar-refractivity contribution >= 4 is 16.9 Å². The third-order valence-corrected chi connectivity index (χ3v) is 6.04. The lowest BCUT2D eigenvalue weighted by atomic mass is 9.94. The predicted molar refractivity (Wildman–Crippen MR) is 99.8 cm³/mol. The van der Waals surface area contributed by atoms with Gasteiger partial charge in [0.2, 0.25) is 5.91 Å². The Balaban J connectivity index is 1.39. The van der Waals surface area contributed by atoms with Crippen LogP contribution >= 0.6 is 0 Å². The summed E-state index contributed by atoms with van der Waals surface area (Å²) in [6.07, 6.45) is 6.55. The number of nitrogens with zero attached hydrogens (tertiary/aromatic N) is 4. The summed E-state index contributed by atoms with van der Waals surface area (Å²) in [5, 5.41) is 0. The summed E-state index contributed by atoms with van der Waals surface area (Å²) < 4.78 is 2.13. The van der Waals surface area contributed by atoms with Gasteiger partial charge in [-0.05, 0) is 30.9 Å². The molecule has 3 aromatic rings. The molecule has 5 rings (SSSR count). The standard InChI is InChI=1S/C21H22N4O/c1-24-18-13-22-11-7-17(18)23-19(24)15-8-12-25(14-15)20(26)21(9-10-21)16-5-3-2-4-6-16/h2-7,11,13,15H,8-10,12,14H2,1H3/t15-/m1/s1. The van der Waals surface area contributed by atoms with E-state index in [1.165, 1.54) is 5.56 Å². The van der Waals surface area contributed by atoms with E-state index in [1.807, 2.05) is 37.5 Å². The van der Waals surface area contributed by atoms with Gasteiger partial charge in [-0.25, -0.2) is 4.98 Å². The van der Waals surface area contributed by atoms with Crippen LogP contribution in [-0.2, 0) is 17.3 Å². The van der Waals surface area contributed by atoms with Gasteiger partial charge in [0, 0.05) is 32.3 Å². The van der Waals surface area contributed by atoms with Crippen LogP contribution in [0.25, 0.3) is 11.0 Å². The predicted octanol–water partition coefficient (Wildman–Crippen LogP) is 3.02. The fraction of sp³-hybridized carbons (Fsp3) is 0.381. The molecule has 2 aliphatic rings. The lowest BCUT2D eigenvalue weighted by molar-refractivity contribution is -0.132. The molecule has 0 bridgehead atoms. The molecule has 3 heterocycles. The fourth-order valence-corrected chi connectivity index (χ4v) is 4.39. The topological polar surface area (TPSA) is 51.0 Å². The largest absolute Gasteiger partial charge is 0.341 e. The zero-order valence-corrected chi connectivity index (χ0v) is 14.9. The summed E-state index contributed by atoms with van der Waals surface area (Å²) in [5.41, 5.74) is 2.93. The molecular formula is C21H22N4O. The minimum atomic E-state index is -0.271. The zero-order valence-electron chi connectivity index (χ0n) is 14.9. The molecule has 132 valence electrons. The van der Waals surface area contributed by atoms with Gasteiger partial charge in [0.05, 0.1) is 22.6 Å². The van der Waals surface area contributed by atoms with E-state index in [2.05, 4.69) is 26.6 Å². The van der Waals surface area contributed by atoms with Gasteiger partial charge in [0.1, 0.15) is 5.82 Å². The molecule has 1 aliphatic heterocycles. The summed E-state index contributed by atoms with van der Waals surface area (Å²) in [4.78, 5) is 24.3. The quantitative estimate of drug-likeness (QED) is 0.732. The van der Waals surface area contributed by atoms with Crippen LogP contribution in [0.2, 0.25) is 0 Å². The first kappa shape index (κ1) is 15.6. The van der Waals surface area contributed by atoms with E-state index >= 15 is 0 Å². The number of pyridine rings is 1. The summed E-state index contributed by atoms with van der Waals surface area (Å²) in [6.45, 7) is 1.58. The number of rotatable bonds is 3. The second-order valence-corrected chi connectivity index (χ2v) is 7.58. The third-order valence-electron chi connectivity index (χ3n) is 6.04. The molecule has 1 atom stereocenters. The van der Waals surface area contributed by atoms with Crippen LogP contribution in [0.1, 0.15) is 36.6 Å². The molecule has 1 aromatic carbocycles. The van der Waals surface area contributed by atoms with Crippen LogP contribution in [0.15, 0.2) is 48.8 Å². The molecule has 2 aromatic heterocycles. The average Bonchev–Trinajstić information content (AvgIpc) is 3.24. The Morgan fingerprint density at radius 1 is 1.19 bits per heavy atom. The first-order chi connectivity index (χ1) is 12.7. The van der Waals surface area contributed by atoms with Gasteiger partial charge in [-0.15, -0.1) is 0 Å². The second kappa shape index (κ2) is 5.66. The Kier molecular flexibility index (Phi) is 3.39. The van der Waals surface area contributed by atoms with Crippen LogP contribution < -0.4 is 0 Å². The fourth-order valence-electron chi connectivity index (χ4n) is 4.39. The van der Waals surface area contributed by atoms with E-state index in [4.69, 9.17) is 4.98 Å². The van der Waals surface area contributed by atoms with Crippen LogP contribution in [0, 0.1) is 0 Å². The number of carbonyl (C=O) groups is 1. The monoisotopic (exact) mass is 346 g/mol. The van der Waals surface area contributed by atoms with Crippen LogP contribution in [0.4, 0.5) is 0 Å². The molecule has 5 nitrogen and oxygen atoms in total. The molecule has 2 fully saturated rings. The third kappa shape index (κ3) is 2.26. The molecule has 0 unspecified atom stereocenters. The molecule has 1 saturated heterocycles. The number of imidazole rings is 1. The van der Waals surface area contributed by atoms with Crippen molar-refractivity contribution in [3.05, 3.63) is 60.2 Å². The van der Waals surface area contributed by atoms with Crippen molar-refractivity contribution < 1.29 is 4.79 Å². The second-order valence-electron chi connectivity index (χ2n) is 7.58. The highest BCUT2D eigenvalue weighted by atomic mass is 16.2. The number of aryl methyl sites for hydroxylation is 1. The first-order valence-corrected chi connectivity index (χ1v) is 9.30. The minimum Gasteiger partial charge on any atom is -0.341 e. The number of benzene rings is 1. The molecule has 0 N–H and O–H groups in total. The van der Waals surface area contributed by atoms with Crippen molar-refractivity contribution in [2.24, 2.45) is 7.05 Å². The van der Waals surface area contributed by atoms with Gasteiger partial charge in [0.25, 0.3) is 0 Å². The number of hydrogen-bond acceptors (Lipinski definition) is 3. The normalized spacial score (nSPS) is 21.3. The molecule has 0 radical (unpaired) electrons. The van der Waals surface area contributed by atoms with Crippen molar-refractivity contribution in [2.45, 2.75) is 30.6 Å². The first-order valence-electron chi connectivity index (χ1n) is 9.30. The van der Waals surface area contributed by atoms with Gasteiger partial charge in [0.15, 0.2) is 0 Å². The van der Waals surface area contributed by atoms with Crippen molar-refractivity contribution in [3.63, 3.8) is 0 Å². The Morgan fingerprint density at radius 3 is 2.73 bits per heavy atom. The Labute approximate surface area is 152 Å². The maximum Gasteiger partial charge on any atom is 0.233 e. The van der Waals surface area contributed by atoms with Crippen LogP contribution in [-0.4, -0.2) is 38.4 Å². The van der Waals surface area contributed by atoms with Crippen molar-refractivity contribution in [3.8, 4) is 0 Å². The van der Waals surface area contributed by atoms with E-state index in [-0.39, 0.29) is 5.41 Å². The maximum absolute atomic E-state index is 13.3. The van der Waals surface area contributed by atoms with Gasteiger partial charge < -0.3 is 9.47 Å². The van der Waals surface area contributed by atoms with E-state index in [0.29, 0.717) is 11.8 Å². The zero-order chi connectivity index (χ0) is 17.7. The highest BCUT2D eigenvalue weighted by Gasteiger charge is 2.53. The van der Waals surface area contributed by atoms with Crippen molar-refractivity contribution in [1.29, 1.82) is 0 Å². The average molecular weight is 346 g/mol. The molecule has 0 spiro atoms. The lowest BCUT2D eigenvalue weighted by Gasteiger charge is -2.23. The summed E-state index contributed by atoms with van der Waals surface area (Å²) in [6, 6.07) is 12.2. The number of amides is 1. The molecule has 26 heavy (non-hydrogen) atoms. The number of carbonyl (C=O) groups excluding carboxylic acids is 1. The van der Waals surface area contributed by atoms with Crippen LogP contribution in [0.3, 0.4) is 0 Å². The molecular weight excluding hydrogens is 324 g/mol. The lowest BCUT2D eigenvalue weighted by Crippen LogP contribution is -2.37. The molecule has 1 saturated carbocycles. The minimum absolute atomic E-state index is 0.271. The van der Waals surface area contributed by atoms with Crippen molar-refractivity contribution in [1.82, 2.24) is 19.4 Å². The van der Waals surface area contributed by atoms with E-state index in [9.17, 15) is 4.79 Å².